The van der Waals surface area contributed by atoms with E-state index in [1.165, 1.54) is 12.1 Å². The van der Waals surface area contributed by atoms with E-state index >= 15 is 0 Å². The topological polar surface area (TPSA) is 29.9 Å². The normalized spacial score (nSPS) is 13.3. The lowest BCUT2D eigenvalue weighted by Crippen LogP contribution is -2.31. The molecule has 0 saturated heterocycles. The largest absolute Gasteiger partial charge is 0.416 e. The van der Waals surface area contributed by atoms with E-state index in [1.807, 2.05) is 24.6 Å². The number of hydrogen-bond donors (Lipinski definition) is 1. The van der Waals surface area contributed by atoms with Crippen LogP contribution in [-0.4, -0.2) is 15.6 Å². The lowest BCUT2D eigenvalue weighted by atomic mass is 10.1. The average molecular weight is 311 g/mol. The van der Waals surface area contributed by atoms with Gasteiger partial charge in [0.25, 0.3) is 0 Å². The zero-order chi connectivity index (χ0) is 16.2. The number of halogens is 3. The van der Waals surface area contributed by atoms with Crippen molar-refractivity contribution in [2.75, 3.05) is 0 Å². The third-order valence-corrected chi connectivity index (χ3v) is 3.55. The van der Waals surface area contributed by atoms with Crippen molar-refractivity contribution in [1.29, 1.82) is 0 Å². The molecule has 1 heterocycles. The molecule has 1 N–H and O–H groups in total. The second-order valence-electron chi connectivity index (χ2n) is 5.29. The van der Waals surface area contributed by atoms with Crippen LogP contribution >= 0.6 is 0 Å². The van der Waals surface area contributed by atoms with E-state index in [0.717, 1.165) is 18.3 Å². The second kappa shape index (κ2) is 6.96. The Balaban J connectivity index is 1.99. The van der Waals surface area contributed by atoms with Crippen LogP contribution in [0, 0.1) is 0 Å². The number of hydrogen-bond acceptors (Lipinski definition) is 2. The van der Waals surface area contributed by atoms with Gasteiger partial charge in [0.2, 0.25) is 0 Å². The number of imidazole rings is 1. The summed E-state index contributed by atoms with van der Waals surface area (Å²) in [5, 5.41) is 3.15. The second-order valence-corrected chi connectivity index (χ2v) is 5.29. The van der Waals surface area contributed by atoms with Crippen molar-refractivity contribution in [3.05, 3.63) is 53.6 Å². The van der Waals surface area contributed by atoms with Gasteiger partial charge in [-0.2, -0.15) is 13.2 Å². The maximum absolute atomic E-state index is 12.9. The summed E-state index contributed by atoms with van der Waals surface area (Å²) in [6.45, 7) is 4.84. The molecule has 0 amide bonds. The van der Waals surface area contributed by atoms with Crippen LogP contribution in [0.5, 0.6) is 0 Å². The number of nitrogens with zero attached hydrogens (tertiary/aromatic N) is 2. The highest BCUT2D eigenvalue weighted by atomic mass is 19.4. The molecule has 2 rings (SSSR count). The van der Waals surface area contributed by atoms with Crippen molar-refractivity contribution in [3.63, 3.8) is 0 Å². The van der Waals surface area contributed by atoms with Gasteiger partial charge in [0.15, 0.2) is 0 Å². The Bertz CT molecular complexity index is 605. The van der Waals surface area contributed by atoms with Gasteiger partial charge in [-0.15, -0.1) is 0 Å². The quantitative estimate of drug-likeness (QED) is 0.882. The van der Waals surface area contributed by atoms with Gasteiger partial charge in [0, 0.05) is 37.9 Å². The monoisotopic (exact) mass is 311 g/mol. The van der Waals surface area contributed by atoms with Gasteiger partial charge in [-0.3, -0.25) is 0 Å². The number of nitrogens with one attached hydrogen (secondary N) is 1. The molecule has 120 valence electrons. The van der Waals surface area contributed by atoms with E-state index in [-0.39, 0.29) is 18.2 Å². The predicted molar refractivity (Wildman–Crippen MR) is 79.4 cm³/mol. The molecule has 1 unspecified atom stereocenters. The molecule has 6 heteroatoms. The fourth-order valence-electron chi connectivity index (χ4n) is 2.42. The molecule has 0 bridgehead atoms. The summed E-state index contributed by atoms with van der Waals surface area (Å²) in [6, 6.07) is 5.71. The standard InChI is InChI=1S/C16H20F3N3/c1-3-15-20-8-9-22(15)11-12(2)21-10-13-6-4-5-7-14(13)16(17,18)19/h4-9,12,21H,3,10-11H2,1-2H3. The van der Waals surface area contributed by atoms with Crippen molar-refractivity contribution in [2.45, 2.75) is 45.6 Å². The molecule has 0 saturated carbocycles. The number of rotatable bonds is 6. The Hall–Kier alpha value is -1.82. The van der Waals surface area contributed by atoms with Crippen molar-refractivity contribution in [2.24, 2.45) is 0 Å². The Morgan fingerprint density at radius 2 is 2.00 bits per heavy atom. The predicted octanol–water partition coefficient (Wildman–Crippen LogP) is 3.64. The fourth-order valence-corrected chi connectivity index (χ4v) is 2.42. The molecule has 0 aliphatic heterocycles. The van der Waals surface area contributed by atoms with Crippen molar-refractivity contribution >= 4 is 0 Å². The first-order valence-corrected chi connectivity index (χ1v) is 7.30. The highest BCUT2D eigenvalue weighted by molar-refractivity contribution is 5.29. The summed E-state index contributed by atoms with van der Waals surface area (Å²) in [5.74, 6) is 0.976. The van der Waals surface area contributed by atoms with Crippen LogP contribution in [0.25, 0.3) is 0 Å². The molecule has 0 fully saturated rings. The van der Waals surface area contributed by atoms with Gasteiger partial charge in [-0.25, -0.2) is 4.98 Å². The molecule has 1 aromatic carbocycles. The van der Waals surface area contributed by atoms with E-state index in [9.17, 15) is 13.2 Å². The van der Waals surface area contributed by atoms with Crippen LogP contribution in [0.4, 0.5) is 13.2 Å². The van der Waals surface area contributed by atoms with Crippen molar-refractivity contribution < 1.29 is 13.2 Å². The summed E-state index contributed by atoms with van der Waals surface area (Å²) >= 11 is 0. The minimum Gasteiger partial charge on any atom is -0.333 e. The van der Waals surface area contributed by atoms with Crippen LogP contribution in [0.1, 0.15) is 30.8 Å². The van der Waals surface area contributed by atoms with Crippen LogP contribution < -0.4 is 5.32 Å². The molecule has 1 aromatic heterocycles. The molecular formula is C16H20F3N3. The van der Waals surface area contributed by atoms with E-state index in [1.54, 1.807) is 12.3 Å². The van der Waals surface area contributed by atoms with Gasteiger partial charge in [-0.05, 0) is 18.6 Å². The SMILES string of the molecule is CCc1nccn1CC(C)NCc1ccccc1C(F)(F)F. The van der Waals surface area contributed by atoms with E-state index in [0.29, 0.717) is 6.54 Å². The summed E-state index contributed by atoms with van der Waals surface area (Å²) in [7, 11) is 0. The molecule has 0 spiro atoms. The van der Waals surface area contributed by atoms with Crippen LogP contribution in [0.2, 0.25) is 0 Å². The van der Waals surface area contributed by atoms with Gasteiger partial charge in [0.1, 0.15) is 5.82 Å². The summed E-state index contributed by atoms with van der Waals surface area (Å²) in [5.41, 5.74) is -0.310. The number of alkyl halides is 3. The Labute approximate surface area is 128 Å². The van der Waals surface area contributed by atoms with Gasteiger partial charge >= 0.3 is 6.18 Å². The number of benzene rings is 1. The molecular weight excluding hydrogens is 291 g/mol. The van der Waals surface area contributed by atoms with Crippen LogP contribution in [-0.2, 0) is 25.7 Å². The summed E-state index contributed by atoms with van der Waals surface area (Å²) in [4.78, 5) is 4.24. The van der Waals surface area contributed by atoms with Gasteiger partial charge in [0.05, 0.1) is 5.56 Å². The number of aromatic nitrogens is 2. The third kappa shape index (κ3) is 4.10. The Kier molecular flexibility index (Phi) is 5.24. The first-order valence-electron chi connectivity index (χ1n) is 7.30. The van der Waals surface area contributed by atoms with Gasteiger partial charge < -0.3 is 9.88 Å². The molecule has 3 nitrogen and oxygen atoms in total. The first-order chi connectivity index (χ1) is 10.4. The van der Waals surface area contributed by atoms with Crippen LogP contribution in [0.15, 0.2) is 36.7 Å². The van der Waals surface area contributed by atoms with Gasteiger partial charge in [-0.1, -0.05) is 25.1 Å². The lowest BCUT2D eigenvalue weighted by molar-refractivity contribution is -0.138. The minimum atomic E-state index is -4.32. The molecule has 0 aliphatic rings. The highest BCUT2D eigenvalue weighted by Crippen LogP contribution is 2.31. The Morgan fingerprint density at radius 1 is 1.27 bits per heavy atom. The van der Waals surface area contributed by atoms with E-state index in [4.69, 9.17) is 0 Å². The van der Waals surface area contributed by atoms with Crippen LogP contribution in [0.3, 0.4) is 0 Å². The summed E-state index contributed by atoms with van der Waals surface area (Å²) in [6.07, 6.45) is 0.142. The number of aryl methyl sites for hydroxylation is 1. The molecule has 0 aliphatic carbocycles. The van der Waals surface area contributed by atoms with E-state index in [2.05, 4.69) is 10.3 Å². The molecule has 2 aromatic rings. The highest BCUT2D eigenvalue weighted by Gasteiger charge is 2.32. The zero-order valence-corrected chi connectivity index (χ0v) is 12.7. The zero-order valence-electron chi connectivity index (χ0n) is 12.7. The molecule has 0 radical (unpaired) electrons. The third-order valence-electron chi connectivity index (χ3n) is 3.55. The maximum Gasteiger partial charge on any atom is 0.416 e. The maximum atomic E-state index is 12.9. The van der Waals surface area contributed by atoms with E-state index < -0.39 is 11.7 Å². The van der Waals surface area contributed by atoms with Crippen molar-refractivity contribution in [1.82, 2.24) is 14.9 Å². The van der Waals surface area contributed by atoms with Crippen molar-refractivity contribution in [3.8, 4) is 0 Å². The first kappa shape index (κ1) is 16.5. The molecule has 1 atom stereocenters. The fraction of sp³-hybridized carbons (Fsp3) is 0.438. The lowest BCUT2D eigenvalue weighted by Gasteiger charge is -2.18. The minimum absolute atomic E-state index is 0.0424. The average Bonchev–Trinajstić information content (AvgIpc) is 2.91. The smallest absolute Gasteiger partial charge is 0.333 e. The molecule has 22 heavy (non-hydrogen) atoms. The summed E-state index contributed by atoms with van der Waals surface area (Å²) < 4.78 is 40.8. The Morgan fingerprint density at radius 3 is 2.68 bits per heavy atom.